The highest BCUT2D eigenvalue weighted by Gasteiger charge is 2.14. The van der Waals surface area contributed by atoms with E-state index in [4.69, 9.17) is 10.5 Å². The topological polar surface area (TPSA) is 81.4 Å². The molecule has 4 aromatic carbocycles. The highest BCUT2D eigenvalue weighted by molar-refractivity contribution is 5.96. The van der Waals surface area contributed by atoms with Gasteiger partial charge in [0.05, 0.1) is 11.6 Å². The molecule has 5 nitrogen and oxygen atoms in total. The zero-order valence-electron chi connectivity index (χ0n) is 17.7. The molecule has 5 heteroatoms. The monoisotopic (exact) mass is 424 g/mol. The van der Waals surface area contributed by atoms with E-state index in [-0.39, 0.29) is 18.6 Å². The molecule has 0 saturated carbocycles. The van der Waals surface area contributed by atoms with Crippen molar-refractivity contribution >= 4 is 22.6 Å². The van der Waals surface area contributed by atoms with Crippen molar-refractivity contribution in [2.24, 2.45) is 5.73 Å². The number of primary amides is 1. The van der Waals surface area contributed by atoms with Gasteiger partial charge in [0.2, 0.25) is 0 Å². The number of benzene rings is 4. The molecular formula is C27H24N2O3. The second kappa shape index (κ2) is 9.35. The molecule has 3 N–H and O–H groups in total. The minimum atomic E-state index is -0.545. The second-order valence-corrected chi connectivity index (χ2v) is 7.61. The standard InChI is InChI=1S/C27H24N2O3/c1-18(22-14-7-10-20-9-2-3-12-23(20)22)29-27(31)21-11-6-8-19(16-21)17-32-25-15-5-4-13-24(25)26(28)30/h2-16,18H,17H2,1H3,(H2,28,30)(H,29,31). The predicted octanol–water partition coefficient (Wildman–Crippen LogP) is 5.01. The van der Waals surface area contributed by atoms with E-state index in [1.165, 1.54) is 0 Å². The Morgan fingerprint density at radius 1 is 0.906 bits per heavy atom. The van der Waals surface area contributed by atoms with Crippen LogP contribution in [0, 0.1) is 0 Å². The lowest BCUT2D eigenvalue weighted by atomic mass is 9.99. The maximum Gasteiger partial charge on any atom is 0.252 e. The molecule has 2 amide bonds. The van der Waals surface area contributed by atoms with Crippen molar-refractivity contribution in [3.63, 3.8) is 0 Å². The van der Waals surface area contributed by atoms with E-state index in [9.17, 15) is 9.59 Å². The maximum absolute atomic E-state index is 12.9. The van der Waals surface area contributed by atoms with E-state index >= 15 is 0 Å². The van der Waals surface area contributed by atoms with Crippen LogP contribution in [-0.4, -0.2) is 11.8 Å². The Morgan fingerprint density at radius 3 is 2.47 bits per heavy atom. The van der Waals surface area contributed by atoms with Crippen LogP contribution in [-0.2, 0) is 6.61 Å². The summed E-state index contributed by atoms with van der Waals surface area (Å²) in [5, 5.41) is 5.35. The van der Waals surface area contributed by atoms with Gasteiger partial charge in [0.25, 0.3) is 11.8 Å². The number of carbonyl (C=O) groups excluding carboxylic acids is 2. The lowest BCUT2D eigenvalue weighted by molar-refractivity contribution is 0.0939. The molecule has 160 valence electrons. The summed E-state index contributed by atoms with van der Waals surface area (Å²) >= 11 is 0. The number of nitrogens with two attached hydrogens (primary N) is 1. The van der Waals surface area contributed by atoms with Gasteiger partial charge in [-0.2, -0.15) is 0 Å². The van der Waals surface area contributed by atoms with Gasteiger partial charge in [-0.25, -0.2) is 0 Å². The summed E-state index contributed by atoms with van der Waals surface area (Å²) in [6, 6.07) is 28.2. The fourth-order valence-corrected chi connectivity index (χ4v) is 3.75. The Balaban J connectivity index is 1.47. The van der Waals surface area contributed by atoms with Crippen LogP contribution in [0.15, 0.2) is 91.0 Å². The fraction of sp³-hybridized carbons (Fsp3) is 0.111. The van der Waals surface area contributed by atoms with Gasteiger partial charge < -0.3 is 15.8 Å². The molecule has 0 saturated heterocycles. The summed E-state index contributed by atoms with van der Waals surface area (Å²) in [4.78, 5) is 24.5. The zero-order chi connectivity index (χ0) is 22.5. The van der Waals surface area contributed by atoms with Crippen molar-refractivity contribution in [3.05, 3.63) is 113 Å². The molecule has 0 aliphatic rings. The number of para-hydroxylation sites is 1. The van der Waals surface area contributed by atoms with Gasteiger partial charge in [-0.3, -0.25) is 9.59 Å². The molecule has 32 heavy (non-hydrogen) atoms. The van der Waals surface area contributed by atoms with Crippen LogP contribution < -0.4 is 15.8 Å². The molecule has 0 aromatic heterocycles. The smallest absolute Gasteiger partial charge is 0.252 e. The number of amides is 2. The average Bonchev–Trinajstić information content (AvgIpc) is 2.82. The third kappa shape index (κ3) is 4.62. The first kappa shape index (κ1) is 21.1. The molecular weight excluding hydrogens is 400 g/mol. The molecule has 4 rings (SSSR count). The third-order valence-corrected chi connectivity index (χ3v) is 5.37. The Labute approximate surface area is 186 Å². The Bertz CT molecular complexity index is 1280. The minimum absolute atomic E-state index is 0.157. The lowest BCUT2D eigenvalue weighted by Gasteiger charge is -2.17. The maximum atomic E-state index is 12.9. The van der Waals surface area contributed by atoms with Gasteiger partial charge in [0.1, 0.15) is 12.4 Å². The number of fused-ring (bicyclic) bond motifs is 1. The molecule has 1 atom stereocenters. The van der Waals surface area contributed by atoms with Crippen LogP contribution in [0.4, 0.5) is 0 Å². The van der Waals surface area contributed by atoms with Crippen LogP contribution in [0.2, 0.25) is 0 Å². The predicted molar refractivity (Wildman–Crippen MR) is 126 cm³/mol. The summed E-state index contributed by atoms with van der Waals surface area (Å²) in [6.07, 6.45) is 0. The molecule has 0 aliphatic heterocycles. The van der Waals surface area contributed by atoms with Crippen molar-refractivity contribution in [1.29, 1.82) is 0 Å². The van der Waals surface area contributed by atoms with E-state index in [1.807, 2.05) is 43.3 Å². The Kier molecular flexibility index (Phi) is 6.17. The Hall–Kier alpha value is -4.12. The van der Waals surface area contributed by atoms with Crippen molar-refractivity contribution in [1.82, 2.24) is 5.32 Å². The SMILES string of the molecule is CC(NC(=O)c1cccc(COc2ccccc2C(N)=O)c1)c1cccc2ccccc12. The fourth-order valence-electron chi connectivity index (χ4n) is 3.75. The third-order valence-electron chi connectivity index (χ3n) is 5.37. The number of nitrogens with one attached hydrogen (secondary N) is 1. The van der Waals surface area contributed by atoms with Crippen LogP contribution in [0.5, 0.6) is 5.75 Å². The first-order chi connectivity index (χ1) is 15.5. The van der Waals surface area contributed by atoms with Crippen molar-refractivity contribution in [2.45, 2.75) is 19.6 Å². The molecule has 0 radical (unpaired) electrons. The van der Waals surface area contributed by atoms with E-state index in [0.29, 0.717) is 16.9 Å². The average molecular weight is 425 g/mol. The van der Waals surface area contributed by atoms with Crippen LogP contribution in [0.25, 0.3) is 10.8 Å². The molecule has 0 aliphatic carbocycles. The van der Waals surface area contributed by atoms with Gasteiger partial charge in [0, 0.05) is 5.56 Å². The summed E-state index contributed by atoms with van der Waals surface area (Å²) in [5.41, 5.74) is 8.15. The quantitative estimate of drug-likeness (QED) is 0.438. The first-order valence-electron chi connectivity index (χ1n) is 10.4. The van der Waals surface area contributed by atoms with E-state index in [2.05, 4.69) is 23.5 Å². The number of hydrogen-bond donors (Lipinski definition) is 2. The summed E-state index contributed by atoms with van der Waals surface area (Å²) in [7, 11) is 0. The Morgan fingerprint density at radius 2 is 1.62 bits per heavy atom. The number of hydrogen-bond acceptors (Lipinski definition) is 3. The largest absolute Gasteiger partial charge is 0.488 e. The summed E-state index contributed by atoms with van der Waals surface area (Å²) in [6.45, 7) is 2.19. The van der Waals surface area contributed by atoms with Crippen LogP contribution >= 0.6 is 0 Å². The van der Waals surface area contributed by atoms with Gasteiger partial charge in [-0.05, 0) is 53.1 Å². The van der Waals surface area contributed by atoms with Crippen molar-refractivity contribution < 1.29 is 14.3 Å². The van der Waals surface area contributed by atoms with E-state index < -0.39 is 5.91 Å². The molecule has 0 spiro atoms. The summed E-state index contributed by atoms with van der Waals surface area (Å²) < 4.78 is 5.79. The second-order valence-electron chi connectivity index (χ2n) is 7.61. The number of rotatable bonds is 7. The van der Waals surface area contributed by atoms with E-state index in [1.54, 1.807) is 36.4 Å². The van der Waals surface area contributed by atoms with Crippen molar-refractivity contribution in [2.75, 3.05) is 0 Å². The molecule has 0 bridgehead atoms. The van der Waals surface area contributed by atoms with Gasteiger partial charge in [0.15, 0.2) is 0 Å². The van der Waals surface area contributed by atoms with Gasteiger partial charge >= 0.3 is 0 Å². The van der Waals surface area contributed by atoms with Crippen LogP contribution in [0.1, 0.15) is 44.8 Å². The van der Waals surface area contributed by atoms with Crippen LogP contribution in [0.3, 0.4) is 0 Å². The zero-order valence-corrected chi connectivity index (χ0v) is 17.7. The number of carbonyl (C=O) groups is 2. The molecule has 4 aromatic rings. The van der Waals surface area contributed by atoms with Gasteiger partial charge in [-0.1, -0.05) is 66.7 Å². The van der Waals surface area contributed by atoms with E-state index in [0.717, 1.165) is 21.9 Å². The lowest BCUT2D eigenvalue weighted by Crippen LogP contribution is -2.26. The molecule has 1 unspecified atom stereocenters. The molecule has 0 heterocycles. The highest BCUT2D eigenvalue weighted by Crippen LogP contribution is 2.24. The number of ether oxygens (including phenoxy) is 1. The normalized spacial score (nSPS) is 11.7. The molecule has 0 fully saturated rings. The highest BCUT2D eigenvalue weighted by atomic mass is 16.5. The summed E-state index contributed by atoms with van der Waals surface area (Å²) in [5.74, 6) is -0.291. The van der Waals surface area contributed by atoms with Crippen molar-refractivity contribution in [3.8, 4) is 5.75 Å². The minimum Gasteiger partial charge on any atom is -0.488 e. The van der Waals surface area contributed by atoms with Gasteiger partial charge in [-0.15, -0.1) is 0 Å². The first-order valence-corrected chi connectivity index (χ1v) is 10.4.